The molecule has 1 unspecified atom stereocenters. The van der Waals surface area contributed by atoms with E-state index in [0.29, 0.717) is 6.42 Å². The highest BCUT2D eigenvalue weighted by molar-refractivity contribution is 5.79. The molecule has 144 valence electrons. The Morgan fingerprint density at radius 3 is 2.58 bits per heavy atom. The lowest BCUT2D eigenvalue weighted by Crippen LogP contribution is -2.35. The number of rotatable bonds is 5. The standard InChI is InChI=1S/C11H14N2.C10H16F2O/c1-4-13(3)11-6-5-10(8-12)7-9(11)2;1-2-3-4-8-7-9(13)5-6-10(8,11)12/h5-7H,4H2,1-3H3;8H,2-7H2,1H3. The Bertz CT molecular complexity index is 637. The van der Waals surface area contributed by atoms with Crippen molar-refractivity contribution >= 4 is 11.5 Å². The smallest absolute Gasteiger partial charge is 0.251 e. The summed E-state index contributed by atoms with van der Waals surface area (Å²) in [7, 11) is 2.05. The summed E-state index contributed by atoms with van der Waals surface area (Å²) in [5, 5.41) is 8.69. The summed E-state index contributed by atoms with van der Waals surface area (Å²) in [5.74, 6) is -3.27. The van der Waals surface area contributed by atoms with E-state index in [1.54, 1.807) is 0 Å². The van der Waals surface area contributed by atoms with Crippen LogP contribution >= 0.6 is 0 Å². The Morgan fingerprint density at radius 2 is 2.04 bits per heavy atom. The van der Waals surface area contributed by atoms with Crippen molar-refractivity contribution in [1.29, 1.82) is 5.26 Å². The highest BCUT2D eigenvalue weighted by Crippen LogP contribution is 2.39. The predicted octanol–water partition coefficient (Wildman–Crippen LogP) is 5.50. The van der Waals surface area contributed by atoms with E-state index in [4.69, 9.17) is 5.26 Å². The van der Waals surface area contributed by atoms with Crippen molar-refractivity contribution in [1.82, 2.24) is 0 Å². The van der Waals surface area contributed by atoms with Crippen LogP contribution in [0.15, 0.2) is 18.2 Å². The molecule has 1 atom stereocenters. The Morgan fingerprint density at radius 1 is 1.35 bits per heavy atom. The lowest BCUT2D eigenvalue weighted by Gasteiger charge is -2.30. The molecule has 2 rings (SSSR count). The van der Waals surface area contributed by atoms with E-state index < -0.39 is 11.8 Å². The molecule has 5 heteroatoms. The molecule has 0 spiro atoms. The first-order valence-electron chi connectivity index (χ1n) is 9.36. The molecule has 0 N–H and O–H groups in total. The van der Waals surface area contributed by atoms with Crippen molar-refractivity contribution in [2.24, 2.45) is 5.92 Å². The fourth-order valence-corrected chi connectivity index (χ4v) is 3.12. The van der Waals surface area contributed by atoms with Crippen molar-refractivity contribution in [2.75, 3.05) is 18.5 Å². The number of benzene rings is 1. The minimum absolute atomic E-state index is 0.00651. The summed E-state index contributed by atoms with van der Waals surface area (Å²) in [5.41, 5.74) is 3.08. The van der Waals surface area contributed by atoms with Crippen molar-refractivity contribution in [3.05, 3.63) is 29.3 Å². The zero-order chi connectivity index (χ0) is 19.7. The number of hydrogen-bond donors (Lipinski definition) is 0. The second-order valence-corrected chi connectivity index (χ2v) is 6.97. The van der Waals surface area contributed by atoms with E-state index in [1.165, 1.54) is 5.69 Å². The molecule has 1 aromatic carbocycles. The number of ketones is 1. The van der Waals surface area contributed by atoms with Gasteiger partial charge in [-0.25, -0.2) is 8.78 Å². The van der Waals surface area contributed by atoms with E-state index in [0.717, 1.165) is 30.5 Å². The monoisotopic (exact) mass is 364 g/mol. The van der Waals surface area contributed by atoms with Gasteiger partial charge in [0.25, 0.3) is 5.92 Å². The maximum atomic E-state index is 13.2. The average molecular weight is 364 g/mol. The first-order chi connectivity index (χ1) is 12.2. The summed E-state index contributed by atoms with van der Waals surface area (Å²) >= 11 is 0. The third kappa shape index (κ3) is 6.40. The van der Waals surface area contributed by atoms with Crippen LogP contribution in [0, 0.1) is 24.2 Å². The molecule has 0 aromatic heterocycles. The van der Waals surface area contributed by atoms with Crippen LogP contribution in [0.4, 0.5) is 14.5 Å². The van der Waals surface area contributed by atoms with E-state index in [1.807, 2.05) is 39.1 Å². The highest BCUT2D eigenvalue weighted by atomic mass is 19.3. The van der Waals surface area contributed by atoms with Gasteiger partial charge >= 0.3 is 0 Å². The van der Waals surface area contributed by atoms with Gasteiger partial charge in [-0.15, -0.1) is 0 Å². The topological polar surface area (TPSA) is 44.1 Å². The summed E-state index contributed by atoms with van der Waals surface area (Å²) in [6.45, 7) is 7.09. The molecule has 0 bridgehead atoms. The number of alkyl halides is 2. The number of carbonyl (C=O) groups is 1. The number of Topliss-reactive ketones (excluding diaryl/α,β-unsaturated/α-hetero) is 1. The van der Waals surface area contributed by atoms with Gasteiger partial charge < -0.3 is 4.90 Å². The highest BCUT2D eigenvalue weighted by Gasteiger charge is 2.43. The van der Waals surface area contributed by atoms with Crippen molar-refractivity contribution in [2.45, 2.75) is 65.2 Å². The molecule has 1 aromatic rings. The molecule has 26 heavy (non-hydrogen) atoms. The number of anilines is 1. The molecule has 1 aliphatic rings. The van der Waals surface area contributed by atoms with Crippen LogP contribution in [0.5, 0.6) is 0 Å². The summed E-state index contributed by atoms with van der Waals surface area (Å²) in [6.07, 6.45) is 2.13. The van der Waals surface area contributed by atoms with Gasteiger partial charge in [-0.05, 0) is 44.0 Å². The number of halogens is 2. The molecule has 1 aliphatic carbocycles. The van der Waals surface area contributed by atoms with Crippen LogP contribution in [0.25, 0.3) is 0 Å². The number of carbonyl (C=O) groups excluding carboxylic acids is 1. The molecular formula is C21H30F2N2O. The molecule has 3 nitrogen and oxygen atoms in total. The van der Waals surface area contributed by atoms with E-state index in [9.17, 15) is 13.6 Å². The second kappa shape index (κ2) is 10.3. The fourth-order valence-electron chi connectivity index (χ4n) is 3.12. The summed E-state index contributed by atoms with van der Waals surface area (Å²) < 4.78 is 26.4. The molecule has 0 radical (unpaired) electrons. The second-order valence-electron chi connectivity index (χ2n) is 6.97. The first-order valence-corrected chi connectivity index (χ1v) is 9.36. The van der Waals surface area contributed by atoms with Gasteiger partial charge in [0.05, 0.1) is 11.6 Å². The van der Waals surface area contributed by atoms with Gasteiger partial charge in [-0.1, -0.05) is 19.8 Å². The van der Waals surface area contributed by atoms with Crippen LogP contribution in [-0.4, -0.2) is 25.3 Å². The van der Waals surface area contributed by atoms with Crippen LogP contribution in [0.3, 0.4) is 0 Å². The summed E-state index contributed by atoms with van der Waals surface area (Å²) in [6, 6.07) is 7.90. The molecule has 0 heterocycles. The molecular weight excluding hydrogens is 334 g/mol. The van der Waals surface area contributed by atoms with Crippen molar-refractivity contribution < 1.29 is 13.6 Å². The number of aryl methyl sites for hydroxylation is 1. The third-order valence-corrected chi connectivity index (χ3v) is 4.93. The SMILES string of the molecule is CCCCC1CC(=O)CCC1(F)F.CCN(C)c1ccc(C#N)cc1C. The molecule has 0 saturated heterocycles. The Hall–Kier alpha value is -1.96. The van der Waals surface area contributed by atoms with Crippen LogP contribution in [-0.2, 0) is 4.79 Å². The fraction of sp³-hybridized carbons (Fsp3) is 0.619. The predicted molar refractivity (Wildman–Crippen MR) is 102 cm³/mol. The lowest BCUT2D eigenvalue weighted by atomic mass is 9.82. The molecule has 1 fully saturated rings. The van der Waals surface area contributed by atoms with Gasteiger partial charge in [0, 0.05) is 44.5 Å². The Kier molecular flexibility index (Phi) is 8.71. The average Bonchev–Trinajstić information content (AvgIpc) is 2.62. The van der Waals surface area contributed by atoms with E-state index in [-0.39, 0.29) is 25.0 Å². The number of nitrogens with zero attached hydrogens (tertiary/aromatic N) is 2. The van der Waals surface area contributed by atoms with Gasteiger partial charge in [-0.2, -0.15) is 5.26 Å². The van der Waals surface area contributed by atoms with Crippen molar-refractivity contribution in [3.8, 4) is 6.07 Å². The number of nitriles is 1. The Balaban J connectivity index is 0.000000260. The minimum atomic E-state index is -2.59. The summed E-state index contributed by atoms with van der Waals surface area (Å²) in [4.78, 5) is 13.2. The normalized spacial score (nSPS) is 18.5. The van der Waals surface area contributed by atoms with Gasteiger partial charge in [-0.3, -0.25) is 4.79 Å². The molecule has 0 amide bonds. The van der Waals surface area contributed by atoms with Gasteiger partial charge in [0.1, 0.15) is 5.78 Å². The molecule has 1 saturated carbocycles. The van der Waals surface area contributed by atoms with Gasteiger partial charge in [0.15, 0.2) is 0 Å². The largest absolute Gasteiger partial charge is 0.375 e. The zero-order valence-electron chi connectivity index (χ0n) is 16.3. The maximum absolute atomic E-state index is 13.2. The first kappa shape index (κ1) is 22.1. The number of hydrogen-bond acceptors (Lipinski definition) is 3. The molecule has 0 aliphatic heterocycles. The van der Waals surface area contributed by atoms with E-state index >= 15 is 0 Å². The zero-order valence-corrected chi connectivity index (χ0v) is 16.3. The maximum Gasteiger partial charge on any atom is 0.251 e. The van der Waals surface area contributed by atoms with Crippen LogP contribution < -0.4 is 4.90 Å². The Labute approximate surface area is 156 Å². The third-order valence-electron chi connectivity index (χ3n) is 4.93. The number of unbranched alkanes of at least 4 members (excludes halogenated alkanes) is 1. The quantitative estimate of drug-likeness (QED) is 0.692. The van der Waals surface area contributed by atoms with Gasteiger partial charge in [0.2, 0.25) is 0 Å². The minimum Gasteiger partial charge on any atom is -0.375 e. The van der Waals surface area contributed by atoms with Crippen LogP contribution in [0.1, 0.15) is 63.5 Å². The van der Waals surface area contributed by atoms with E-state index in [2.05, 4.69) is 17.9 Å². The van der Waals surface area contributed by atoms with Crippen LogP contribution in [0.2, 0.25) is 0 Å². The van der Waals surface area contributed by atoms with Crippen molar-refractivity contribution in [3.63, 3.8) is 0 Å². The lowest BCUT2D eigenvalue weighted by molar-refractivity contribution is -0.138.